The van der Waals surface area contributed by atoms with Crippen LogP contribution in [0, 0.1) is 0 Å². The van der Waals surface area contributed by atoms with Gasteiger partial charge in [0.05, 0.1) is 23.9 Å². The highest BCUT2D eigenvalue weighted by Crippen LogP contribution is 2.27. The number of nitrogens with zero attached hydrogens (tertiary/aromatic N) is 1. The Balaban J connectivity index is 0.962. The first-order chi connectivity index (χ1) is 25.6. The summed E-state index contributed by atoms with van der Waals surface area (Å²) in [6.07, 6.45) is 1.26. The molecular formula is C43H30N2O8. The minimum Gasteiger partial charge on any atom is -0.497 e. The van der Waals surface area contributed by atoms with Crippen molar-refractivity contribution in [3.63, 3.8) is 0 Å². The van der Waals surface area contributed by atoms with Gasteiger partial charge in [-0.3, -0.25) is 14.4 Å². The van der Waals surface area contributed by atoms with Crippen molar-refractivity contribution < 1.29 is 38.2 Å². The zero-order valence-electron chi connectivity index (χ0n) is 28.5. The molecule has 260 valence electrons. The normalized spacial score (nSPS) is 12.3. The fourth-order valence-corrected chi connectivity index (χ4v) is 5.76. The lowest BCUT2D eigenvalue weighted by Gasteiger charge is -2.14. The predicted molar refractivity (Wildman–Crippen MR) is 199 cm³/mol. The average molecular weight is 703 g/mol. The fraction of sp³-hybridized carbons (Fsp3) is 0.0465. The van der Waals surface area contributed by atoms with Gasteiger partial charge in [0.1, 0.15) is 17.2 Å². The third-order valence-electron chi connectivity index (χ3n) is 8.59. The van der Waals surface area contributed by atoms with Crippen LogP contribution in [-0.2, 0) is 9.59 Å². The van der Waals surface area contributed by atoms with Gasteiger partial charge in [0.25, 0.3) is 17.7 Å². The molecule has 0 bridgehead atoms. The Bertz CT molecular complexity index is 2450. The summed E-state index contributed by atoms with van der Waals surface area (Å²) in [4.78, 5) is 64.4. The first-order valence-corrected chi connectivity index (χ1v) is 16.5. The van der Waals surface area contributed by atoms with E-state index in [-0.39, 0.29) is 17.2 Å². The molecule has 0 fully saturated rings. The maximum atomic E-state index is 13.2. The number of amides is 3. The number of carbonyl (C=O) groups excluding carboxylic acids is 5. The van der Waals surface area contributed by atoms with Crippen molar-refractivity contribution in [2.24, 2.45) is 0 Å². The van der Waals surface area contributed by atoms with Crippen LogP contribution < -0.4 is 24.4 Å². The van der Waals surface area contributed by atoms with E-state index < -0.39 is 23.8 Å². The quantitative estimate of drug-likeness (QED) is 0.0912. The number of hydrogen-bond acceptors (Lipinski definition) is 8. The van der Waals surface area contributed by atoms with Gasteiger partial charge in [-0.2, -0.15) is 0 Å². The monoisotopic (exact) mass is 702 g/mol. The van der Waals surface area contributed by atoms with Gasteiger partial charge in [-0.05, 0) is 114 Å². The van der Waals surface area contributed by atoms with Crippen LogP contribution in [-0.4, -0.2) is 36.8 Å². The van der Waals surface area contributed by atoms with Gasteiger partial charge in [-0.15, -0.1) is 0 Å². The molecule has 53 heavy (non-hydrogen) atoms. The highest BCUT2D eigenvalue weighted by Gasteiger charge is 2.29. The van der Waals surface area contributed by atoms with Crippen molar-refractivity contribution in [1.82, 2.24) is 0 Å². The molecule has 6 aromatic carbocycles. The van der Waals surface area contributed by atoms with Crippen molar-refractivity contribution >= 4 is 51.8 Å². The summed E-state index contributed by atoms with van der Waals surface area (Å²) in [5.74, 6) is -1.02. The maximum absolute atomic E-state index is 13.2. The lowest BCUT2D eigenvalue weighted by atomic mass is 10.0. The number of hydrogen-bond donors (Lipinski definition) is 1. The largest absolute Gasteiger partial charge is 0.497 e. The number of nitrogens with one attached hydrogen (secondary N) is 1. The summed E-state index contributed by atoms with van der Waals surface area (Å²) in [5.41, 5.74) is 4.01. The Hall–Kier alpha value is -7.33. The molecule has 0 saturated carbocycles. The van der Waals surface area contributed by atoms with E-state index in [0.29, 0.717) is 33.8 Å². The molecule has 6 aromatic rings. The molecule has 10 heteroatoms. The van der Waals surface area contributed by atoms with E-state index >= 15 is 0 Å². The minimum atomic E-state index is -0.659. The molecule has 0 atom stereocenters. The molecule has 3 amide bonds. The number of benzene rings is 6. The van der Waals surface area contributed by atoms with E-state index in [1.54, 1.807) is 80.8 Å². The lowest BCUT2D eigenvalue weighted by Crippen LogP contribution is -2.30. The van der Waals surface area contributed by atoms with Crippen molar-refractivity contribution in [1.29, 1.82) is 0 Å². The van der Waals surface area contributed by atoms with E-state index in [0.717, 1.165) is 32.5 Å². The second-order valence-corrected chi connectivity index (χ2v) is 12.1. The third-order valence-corrected chi connectivity index (χ3v) is 8.59. The summed E-state index contributed by atoms with van der Waals surface area (Å²) >= 11 is 0. The van der Waals surface area contributed by atoms with E-state index in [2.05, 4.69) is 5.32 Å². The highest BCUT2D eigenvalue weighted by molar-refractivity contribution is 6.30. The standard InChI is InChI=1S/C43H30N2O8/c1-26-22-39(46)45(41(26)48)35-16-10-29(11-17-35)42(49)53-38-5-3-4-34(25-38)44-40(47)32-8-6-31-24-33(9-7-30(31)23-32)43(50)52-37-20-14-28(15-21-37)27-12-18-36(51-2)19-13-27/h3-25H,1-2H3,(H,44,47). The third kappa shape index (κ3) is 7.42. The molecule has 0 spiro atoms. The Morgan fingerprint density at radius 1 is 0.585 bits per heavy atom. The lowest BCUT2D eigenvalue weighted by molar-refractivity contribution is -0.120. The van der Waals surface area contributed by atoms with Crippen molar-refractivity contribution in [2.75, 3.05) is 17.3 Å². The molecule has 0 aliphatic carbocycles. The summed E-state index contributed by atoms with van der Waals surface area (Å²) in [6.45, 7) is 1.56. The second kappa shape index (κ2) is 14.5. The molecule has 10 nitrogen and oxygen atoms in total. The van der Waals surface area contributed by atoms with Crippen LogP contribution in [0.5, 0.6) is 17.2 Å². The van der Waals surface area contributed by atoms with E-state index in [1.807, 2.05) is 36.4 Å². The van der Waals surface area contributed by atoms with Crippen LogP contribution in [0.15, 0.2) is 145 Å². The second-order valence-electron chi connectivity index (χ2n) is 12.1. The average Bonchev–Trinajstić information content (AvgIpc) is 3.44. The number of rotatable bonds is 9. The first-order valence-electron chi connectivity index (χ1n) is 16.5. The van der Waals surface area contributed by atoms with Crippen LogP contribution in [0.25, 0.3) is 21.9 Å². The number of ether oxygens (including phenoxy) is 3. The van der Waals surface area contributed by atoms with Crippen LogP contribution in [0.4, 0.5) is 11.4 Å². The number of anilines is 2. The molecule has 0 radical (unpaired) electrons. The Kier molecular flexibility index (Phi) is 9.33. The van der Waals surface area contributed by atoms with Gasteiger partial charge < -0.3 is 19.5 Å². The number of methoxy groups -OCH3 is 1. The zero-order chi connectivity index (χ0) is 37.1. The van der Waals surface area contributed by atoms with Crippen molar-refractivity contribution in [3.05, 3.63) is 162 Å². The first kappa shape index (κ1) is 34.1. The van der Waals surface area contributed by atoms with Crippen molar-refractivity contribution in [3.8, 4) is 28.4 Å². The van der Waals surface area contributed by atoms with Gasteiger partial charge in [0, 0.05) is 29.0 Å². The van der Waals surface area contributed by atoms with E-state index in [1.165, 1.54) is 36.4 Å². The van der Waals surface area contributed by atoms with Gasteiger partial charge >= 0.3 is 11.9 Å². The molecule has 0 saturated heterocycles. The van der Waals surface area contributed by atoms with Crippen LogP contribution in [0.1, 0.15) is 38.0 Å². The Morgan fingerprint density at radius 3 is 1.77 bits per heavy atom. The minimum absolute atomic E-state index is 0.202. The Morgan fingerprint density at radius 2 is 1.15 bits per heavy atom. The zero-order valence-corrected chi connectivity index (χ0v) is 28.5. The van der Waals surface area contributed by atoms with Gasteiger partial charge in [-0.25, -0.2) is 14.5 Å². The molecule has 0 aromatic heterocycles. The number of imide groups is 1. The molecule has 1 aliphatic rings. The molecular weight excluding hydrogens is 672 g/mol. The summed E-state index contributed by atoms with van der Waals surface area (Å²) in [6, 6.07) is 37.5. The van der Waals surface area contributed by atoms with Gasteiger partial charge in [0.2, 0.25) is 0 Å². The van der Waals surface area contributed by atoms with E-state index in [4.69, 9.17) is 14.2 Å². The molecule has 0 unspecified atom stereocenters. The maximum Gasteiger partial charge on any atom is 0.343 e. The SMILES string of the molecule is COc1ccc(-c2ccc(OC(=O)c3ccc4cc(C(=O)Nc5cccc(OC(=O)c6ccc(N7C(=O)C=C(C)C7=O)cc6)c5)ccc4c3)cc2)cc1. The molecule has 1 aliphatic heterocycles. The van der Waals surface area contributed by atoms with Gasteiger partial charge in [0.15, 0.2) is 0 Å². The molecule has 1 N–H and O–H groups in total. The number of fused-ring (bicyclic) bond motifs is 1. The molecule has 7 rings (SSSR count). The van der Waals surface area contributed by atoms with Crippen molar-refractivity contribution in [2.45, 2.75) is 6.92 Å². The van der Waals surface area contributed by atoms with Crippen LogP contribution in [0.3, 0.4) is 0 Å². The summed E-state index contributed by atoms with van der Waals surface area (Å²) in [7, 11) is 1.62. The highest BCUT2D eigenvalue weighted by atomic mass is 16.5. The summed E-state index contributed by atoms with van der Waals surface area (Å²) in [5, 5.41) is 4.31. The van der Waals surface area contributed by atoms with Gasteiger partial charge in [-0.1, -0.05) is 42.5 Å². The smallest absolute Gasteiger partial charge is 0.343 e. The Labute approximate surface area is 303 Å². The predicted octanol–water partition coefficient (Wildman–Crippen LogP) is 8.03. The topological polar surface area (TPSA) is 128 Å². The molecule has 1 heterocycles. The van der Waals surface area contributed by atoms with E-state index in [9.17, 15) is 24.0 Å². The fourth-order valence-electron chi connectivity index (χ4n) is 5.76. The number of carbonyl (C=O) groups is 5. The van der Waals surface area contributed by atoms with Crippen LogP contribution >= 0.6 is 0 Å². The summed E-state index contributed by atoms with van der Waals surface area (Å²) < 4.78 is 16.4. The van der Waals surface area contributed by atoms with Crippen LogP contribution in [0.2, 0.25) is 0 Å². The number of esters is 2.